The largest absolute Gasteiger partial charge is 0.480 e. The Bertz CT molecular complexity index is 752. The summed E-state index contributed by atoms with van der Waals surface area (Å²) in [4.78, 5) is 19.0. The van der Waals surface area contributed by atoms with Gasteiger partial charge in [0.1, 0.15) is 20.7 Å². The monoisotopic (exact) mass is 350 g/mol. The van der Waals surface area contributed by atoms with Gasteiger partial charge in [0, 0.05) is 6.17 Å². The maximum Gasteiger partial charge on any atom is 0.244 e. The van der Waals surface area contributed by atoms with Crippen molar-refractivity contribution < 1.29 is 9.53 Å². The molecule has 0 radical (unpaired) electrons. The van der Waals surface area contributed by atoms with Gasteiger partial charge >= 0.3 is 0 Å². The van der Waals surface area contributed by atoms with Crippen molar-refractivity contribution in [3.05, 3.63) is 60.7 Å². The molecule has 2 aliphatic rings. The molecule has 1 amide bonds. The lowest BCUT2D eigenvalue weighted by atomic mass is 10.2. The van der Waals surface area contributed by atoms with Crippen LogP contribution in [0.1, 0.15) is 6.92 Å². The third-order valence-corrected chi connectivity index (χ3v) is 10.1. The number of hydrogen-bond acceptors (Lipinski definition) is 3. The van der Waals surface area contributed by atoms with Gasteiger partial charge in [0.25, 0.3) is 0 Å². The van der Waals surface area contributed by atoms with Gasteiger partial charge in [-0.05, 0) is 13.0 Å². The van der Waals surface area contributed by atoms with Gasteiger partial charge < -0.3 is 9.64 Å². The highest BCUT2D eigenvalue weighted by atomic mass is 28.3. The van der Waals surface area contributed by atoms with Crippen LogP contribution in [-0.2, 0) is 9.53 Å². The quantitative estimate of drug-likeness (QED) is 0.786. The normalized spacial score (nSPS) is 21.6. The fourth-order valence-electron chi connectivity index (χ4n) is 4.12. The zero-order valence-corrected chi connectivity index (χ0v) is 15.4. The molecule has 5 heteroatoms. The Morgan fingerprint density at radius 2 is 1.68 bits per heavy atom. The van der Waals surface area contributed by atoms with Gasteiger partial charge in [-0.3, -0.25) is 4.79 Å². The first-order chi connectivity index (χ1) is 12.2. The lowest BCUT2D eigenvalue weighted by Crippen LogP contribution is -2.60. The van der Waals surface area contributed by atoms with Crippen LogP contribution in [-0.4, -0.2) is 50.1 Å². The Morgan fingerprint density at radius 1 is 1.08 bits per heavy atom. The second-order valence-corrected chi connectivity index (χ2v) is 10.7. The number of fused-ring (bicyclic) bond motifs is 1. The number of amides is 1. The van der Waals surface area contributed by atoms with E-state index in [1.165, 1.54) is 10.4 Å². The van der Waals surface area contributed by atoms with E-state index in [1.54, 1.807) is 0 Å². The SMILES string of the molecule is CCOC1=NCC(=O)N2C[Si](c3ccccc3)(c3ccccc3)C[C@@H]12. The molecule has 2 aliphatic heterocycles. The van der Waals surface area contributed by atoms with Crippen molar-refractivity contribution in [2.24, 2.45) is 4.99 Å². The Balaban J connectivity index is 1.82. The third-order valence-electron chi connectivity index (χ3n) is 5.28. The van der Waals surface area contributed by atoms with Gasteiger partial charge in [-0.15, -0.1) is 0 Å². The summed E-state index contributed by atoms with van der Waals surface area (Å²) in [5, 5.41) is 2.75. The molecule has 2 aromatic rings. The number of aliphatic imine (C=N–C) groups is 1. The van der Waals surface area contributed by atoms with E-state index >= 15 is 0 Å². The minimum atomic E-state index is -2.08. The number of ether oxygens (including phenoxy) is 1. The molecular formula is C20H22N2O2Si. The maximum atomic E-state index is 12.6. The highest BCUT2D eigenvalue weighted by Gasteiger charge is 2.53. The topological polar surface area (TPSA) is 41.9 Å². The molecule has 4 rings (SSSR count). The molecule has 0 unspecified atom stereocenters. The Labute approximate surface area is 149 Å². The van der Waals surface area contributed by atoms with Gasteiger partial charge in [0.05, 0.1) is 6.61 Å². The number of nitrogens with zero attached hydrogens (tertiary/aromatic N) is 2. The first-order valence-electron chi connectivity index (χ1n) is 8.82. The first kappa shape index (κ1) is 16.1. The third kappa shape index (κ3) is 2.68. The fourth-order valence-corrected chi connectivity index (χ4v) is 9.11. The summed E-state index contributed by atoms with van der Waals surface area (Å²) < 4.78 is 5.79. The average molecular weight is 350 g/mol. The Hall–Kier alpha value is -2.40. The molecule has 0 aliphatic carbocycles. The summed E-state index contributed by atoms with van der Waals surface area (Å²) in [5.41, 5.74) is 0. The van der Waals surface area contributed by atoms with E-state index in [9.17, 15) is 4.79 Å². The van der Waals surface area contributed by atoms with E-state index in [1.807, 2.05) is 11.8 Å². The predicted octanol–water partition coefficient (Wildman–Crippen LogP) is 1.45. The van der Waals surface area contributed by atoms with Crippen LogP contribution in [0.2, 0.25) is 6.04 Å². The standard InChI is InChI=1S/C20H22N2O2Si/c1-2-24-20-18-14-25(16-9-5-3-6-10-16,17-11-7-4-8-12-17)15-22(18)19(23)13-21-20/h3-12,18H,2,13-15H2,1H3/t18-/m0/s1. The second kappa shape index (κ2) is 6.48. The summed E-state index contributed by atoms with van der Waals surface area (Å²) in [6.45, 7) is 2.76. The summed E-state index contributed by atoms with van der Waals surface area (Å²) >= 11 is 0. The molecular weight excluding hydrogens is 328 g/mol. The number of carbonyl (C=O) groups excluding carboxylic acids is 1. The first-order valence-corrected chi connectivity index (χ1v) is 11.2. The lowest BCUT2D eigenvalue weighted by molar-refractivity contribution is -0.130. The molecule has 25 heavy (non-hydrogen) atoms. The minimum Gasteiger partial charge on any atom is -0.480 e. The molecule has 0 spiro atoms. The molecule has 1 fully saturated rings. The summed E-state index contributed by atoms with van der Waals surface area (Å²) in [7, 11) is -2.08. The van der Waals surface area contributed by atoms with Gasteiger partial charge in [-0.25, -0.2) is 4.99 Å². The fraction of sp³-hybridized carbons (Fsp3) is 0.300. The summed E-state index contributed by atoms with van der Waals surface area (Å²) in [6, 6.07) is 22.3. The highest BCUT2D eigenvalue weighted by molar-refractivity contribution is 7.03. The zero-order valence-electron chi connectivity index (χ0n) is 14.4. The molecule has 4 nitrogen and oxygen atoms in total. The van der Waals surface area contributed by atoms with Gasteiger partial charge in [-0.2, -0.15) is 0 Å². The van der Waals surface area contributed by atoms with E-state index < -0.39 is 8.07 Å². The van der Waals surface area contributed by atoms with Gasteiger partial charge in [0.15, 0.2) is 0 Å². The van der Waals surface area contributed by atoms with E-state index in [4.69, 9.17) is 4.74 Å². The predicted molar refractivity (Wildman–Crippen MR) is 102 cm³/mol. The van der Waals surface area contributed by atoms with Crippen molar-refractivity contribution in [2.75, 3.05) is 19.3 Å². The number of hydrogen-bond donors (Lipinski definition) is 0. The molecule has 128 valence electrons. The van der Waals surface area contributed by atoms with Crippen LogP contribution in [0, 0.1) is 0 Å². The summed E-state index contributed by atoms with van der Waals surface area (Å²) in [6.07, 6.45) is 0.802. The average Bonchev–Trinajstić information content (AvgIpc) is 3.09. The molecule has 2 heterocycles. The van der Waals surface area contributed by atoms with E-state index in [0.29, 0.717) is 6.61 Å². The maximum absolute atomic E-state index is 12.6. The molecule has 0 aromatic heterocycles. The van der Waals surface area contributed by atoms with Crippen molar-refractivity contribution in [3.63, 3.8) is 0 Å². The van der Waals surface area contributed by atoms with E-state index in [0.717, 1.165) is 18.1 Å². The number of rotatable bonds is 3. The molecule has 1 atom stereocenters. The minimum absolute atomic E-state index is 0.0201. The van der Waals surface area contributed by atoms with Crippen LogP contribution < -0.4 is 10.4 Å². The smallest absolute Gasteiger partial charge is 0.244 e. The van der Waals surface area contributed by atoms with Gasteiger partial charge in [0.2, 0.25) is 11.8 Å². The van der Waals surface area contributed by atoms with Crippen LogP contribution in [0.5, 0.6) is 0 Å². The highest BCUT2D eigenvalue weighted by Crippen LogP contribution is 2.30. The summed E-state index contributed by atoms with van der Waals surface area (Å²) in [5.74, 6) is 0.859. The zero-order chi connectivity index (χ0) is 17.3. The number of benzene rings is 2. The molecule has 0 saturated carbocycles. The Kier molecular flexibility index (Phi) is 4.17. The van der Waals surface area contributed by atoms with Crippen molar-refractivity contribution in [2.45, 2.75) is 19.0 Å². The molecule has 0 bridgehead atoms. The van der Waals surface area contributed by atoms with Crippen LogP contribution in [0.3, 0.4) is 0 Å². The Morgan fingerprint density at radius 3 is 2.24 bits per heavy atom. The van der Waals surface area contributed by atoms with E-state index in [-0.39, 0.29) is 18.5 Å². The molecule has 2 aromatic carbocycles. The van der Waals surface area contributed by atoms with Crippen molar-refractivity contribution >= 4 is 30.3 Å². The van der Waals surface area contributed by atoms with Crippen molar-refractivity contribution in [1.82, 2.24) is 4.90 Å². The number of carbonyl (C=O) groups is 1. The van der Waals surface area contributed by atoms with Crippen LogP contribution in [0.15, 0.2) is 65.7 Å². The lowest BCUT2D eigenvalue weighted by Gasteiger charge is -2.29. The van der Waals surface area contributed by atoms with E-state index in [2.05, 4.69) is 65.7 Å². The van der Waals surface area contributed by atoms with Crippen LogP contribution >= 0.6 is 0 Å². The molecule has 0 N–H and O–H groups in total. The molecule has 1 saturated heterocycles. The van der Waals surface area contributed by atoms with Crippen molar-refractivity contribution in [3.8, 4) is 0 Å². The van der Waals surface area contributed by atoms with Crippen LogP contribution in [0.4, 0.5) is 0 Å². The van der Waals surface area contributed by atoms with Crippen molar-refractivity contribution in [1.29, 1.82) is 0 Å². The van der Waals surface area contributed by atoms with Gasteiger partial charge in [-0.1, -0.05) is 71.0 Å². The van der Waals surface area contributed by atoms with Crippen LogP contribution in [0.25, 0.3) is 0 Å². The second-order valence-electron chi connectivity index (χ2n) is 6.64.